The maximum atomic E-state index is 12.3. The first kappa shape index (κ1) is 18.1. The maximum Gasteiger partial charge on any atom is 0.225 e. The van der Waals surface area contributed by atoms with Crippen LogP contribution in [-0.2, 0) is 14.3 Å². The van der Waals surface area contributed by atoms with Crippen molar-refractivity contribution in [1.29, 1.82) is 0 Å². The highest BCUT2D eigenvalue weighted by molar-refractivity contribution is 5.76. The molecular formula is C18H33N3O3. The van der Waals surface area contributed by atoms with Crippen LogP contribution in [0.2, 0.25) is 0 Å². The molecule has 3 rings (SSSR count). The number of hydrogen-bond donors (Lipinski definition) is 1. The third-order valence-electron chi connectivity index (χ3n) is 5.81. The summed E-state index contributed by atoms with van der Waals surface area (Å²) in [6.45, 7) is 6.72. The summed E-state index contributed by atoms with van der Waals surface area (Å²) in [5, 5.41) is 3.19. The molecule has 0 aromatic rings. The first-order valence-electron chi connectivity index (χ1n) is 9.61. The summed E-state index contributed by atoms with van der Waals surface area (Å²) in [7, 11) is 2.19. The van der Waals surface area contributed by atoms with Crippen LogP contribution in [0.15, 0.2) is 0 Å². The van der Waals surface area contributed by atoms with Crippen molar-refractivity contribution in [2.24, 2.45) is 0 Å². The van der Waals surface area contributed by atoms with Gasteiger partial charge in [-0.1, -0.05) is 6.42 Å². The zero-order chi connectivity index (χ0) is 16.8. The van der Waals surface area contributed by atoms with Gasteiger partial charge >= 0.3 is 0 Å². The Hall–Kier alpha value is -0.690. The van der Waals surface area contributed by atoms with Gasteiger partial charge in [0, 0.05) is 12.1 Å². The average molecular weight is 339 g/mol. The fraction of sp³-hybridized carbons (Fsp3) is 0.944. The van der Waals surface area contributed by atoms with Crippen LogP contribution >= 0.6 is 0 Å². The van der Waals surface area contributed by atoms with Crippen LogP contribution in [0.1, 0.15) is 44.9 Å². The third kappa shape index (κ3) is 4.69. The summed E-state index contributed by atoms with van der Waals surface area (Å²) in [5.74, 6) is 0.0530. The first-order valence-corrected chi connectivity index (χ1v) is 9.61. The predicted molar refractivity (Wildman–Crippen MR) is 92.8 cm³/mol. The van der Waals surface area contributed by atoms with Crippen molar-refractivity contribution in [2.45, 2.75) is 56.8 Å². The number of carbonyl (C=O) groups excluding carboxylic acids is 1. The molecule has 0 atom stereocenters. The van der Waals surface area contributed by atoms with Crippen LogP contribution < -0.4 is 5.32 Å². The quantitative estimate of drug-likeness (QED) is 0.816. The minimum Gasteiger partial charge on any atom is -0.354 e. The SMILES string of the molecule is CN1CCC(CNC(=O)CC2OCCCO2)(N2CCCCC2)CC1. The largest absolute Gasteiger partial charge is 0.354 e. The van der Waals surface area contributed by atoms with Crippen LogP contribution in [-0.4, -0.2) is 80.5 Å². The van der Waals surface area contributed by atoms with Gasteiger partial charge in [0.2, 0.25) is 5.91 Å². The van der Waals surface area contributed by atoms with Gasteiger partial charge in [-0.25, -0.2) is 0 Å². The number of nitrogens with one attached hydrogen (secondary N) is 1. The van der Waals surface area contributed by atoms with Gasteiger partial charge in [-0.15, -0.1) is 0 Å². The molecule has 3 aliphatic heterocycles. The van der Waals surface area contributed by atoms with Crippen molar-refractivity contribution in [1.82, 2.24) is 15.1 Å². The molecule has 3 saturated heterocycles. The van der Waals surface area contributed by atoms with E-state index >= 15 is 0 Å². The van der Waals surface area contributed by atoms with E-state index in [1.807, 2.05) is 0 Å². The predicted octanol–water partition coefficient (Wildman–Crippen LogP) is 1.21. The molecule has 138 valence electrons. The topological polar surface area (TPSA) is 54.0 Å². The molecule has 0 aliphatic carbocycles. The van der Waals surface area contributed by atoms with Crippen molar-refractivity contribution in [2.75, 3.05) is 53.0 Å². The number of likely N-dealkylation sites (tertiary alicyclic amines) is 2. The maximum absolute atomic E-state index is 12.3. The lowest BCUT2D eigenvalue weighted by atomic mass is 9.84. The highest BCUT2D eigenvalue weighted by atomic mass is 16.7. The molecule has 6 heteroatoms. The van der Waals surface area contributed by atoms with E-state index in [2.05, 4.69) is 22.2 Å². The number of ether oxygens (including phenoxy) is 2. The Balaban J connectivity index is 1.54. The second-order valence-corrected chi connectivity index (χ2v) is 7.58. The van der Waals surface area contributed by atoms with E-state index in [1.54, 1.807) is 0 Å². The van der Waals surface area contributed by atoms with Crippen LogP contribution in [0.4, 0.5) is 0 Å². The summed E-state index contributed by atoms with van der Waals surface area (Å²) < 4.78 is 11.0. The van der Waals surface area contributed by atoms with Crippen LogP contribution in [0, 0.1) is 0 Å². The Morgan fingerprint density at radius 1 is 1.04 bits per heavy atom. The molecule has 6 nitrogen and oxygen atoms in total. The first-order chi connectivity index (χ1) is 11.7. The Kier molecular flexibility index (Phi) is 6.49. The van der Waals surface area contributed by atoms with Crippen molar-refractivity contribution >= 4 is 5.91 Å². The Labute approximate surface area is 145 Å². The van der Waals surface area contributed by atoms with Crippen molar-refractivity contribution in [3.05, 3.63) is 0 Å². The summed E-state index contributed by atoms with van der Waals surface area (Å²) in [4.78, 5) is 17.4. The Morgan fingerprint density at radius 2 is 1.71 bits per heavy atom. The molecule has 0 radical (unpaired) electrons. The second-order valence-electron chi connectivity index (χ2n) is 7.58. The molecule has 0 saturated carbocycles. The molecule has 0 aromatic carbocycles. The lowest BCUT2D eigenvalue weighted by Gasteiger charge is -2.50. The van der Waals surface area contributed by atoms with Crippen LogP contribution in [0.5, 0.6) is 0 Å². The van der Waals surface area contributed by atoms with Crippen LogP contribution in [0.3, 0.4) is 0 Å². The van der Waals surface area contributed by atoms with Gasteiger partial charge in [0.15, 0.2) is 6.29 Å². The number of piperidine rings is 2. The monoisotopic (exact) mass is 339 g/mol. The van der Waals surface area contributed by atoms with Crippen molar-refractivity contribution in [3.63, 3.8) is 0 Å². The molecule has 3 heterocycles. The summed E-state index contributed by atoms with van der Waals surface area (Å²) in [6, 6.07) is 0. The van der Waals surface area contributed by atoms with E-state index < -0.39 is 0 Å². The van der Waals surface area contributed by atoms with Gasteiger partial charge in [0.1, 0.15) is 0 Å². The van der Waals surface area contributed by atoms with Gasteiger partial charge in [0.25, 0.3) is 0 Å². The molecule has 0 unspecified atom stereocenters. The van der Waals surface area contributed by atoms with E-state index in [9.17, 15) is 4.79 Å². The lowest BCUT2D eigenvalue weighted by Crippen LogP contribution is -2.61. The fourth-order valence-corrected chi connectivity index (χ4v) is 4.15. The Bertz CT molecular complexity index is 398. The molecular weight excluding hydrogens is 306 g/mol. The van der Waals surface area contributed by atoms with Gasteiger partial charge in [-0.05, 0) is 65.3 Å². The zero-order valence-corrected chi connectivity index (χ0v) is 15.1. The molecule has 3 fully saturated rings. The highest BCUT2D eigenvalue weighted by Gasteiger charge is 2.39. The summed E-state index contributed by atoms with van der Waals surface area (Å²) >= 11 is 0. The molecule has 1 N–H and O–H groups in total. The molecule has 0 aromatic heterocycles. The van der Waals surface area contributed by atoms with Crippen LogP contribution in [0.25, 0.3) is 0 Å². The van der Waals surface area contributed by atoms with E-state index in [4.69, 9.17) is 9.47 Å². The van der Waals surface area contributed by atoms with Gasteiger partial charge in [-0.2, -0.15) is 0 Å². The highest BCUT2D eigenvalue weighted by Crippen LogP contribution is 2.30. The number of carbonyl (C=O) groups is 1. The summed E-state index contributed by atoms with van der Waals surface area (Å²) in [6.07, 6.45) is 7.07. The molecule has 24 heavy (non-hydrogen) atoms. The Morgan fingerprint density at radius 3 is 2.38 bits per heavy atom. The van der Waals surface area contributed by atoms with Crippen molar-refractivity contribution in [3.8, 4) is 0 Å². The van der Waals surface area contributed by atoms with E-state index in [-0.39, 0.29) is 17.7 Å². The normalized spacial score (nSPS) is 27.0. The minimum absolute atomic E-state index is 0.0530. The molecule has 3 aliphatic rings. The zero-order valence-electron chi connectivity index (χ0n) is 15.1. The van der Waals surface area contributed by atoms with Gasteiger partial charge in [-0.3, -0.25) is 9.69 Å². The fourth-order valence-electron chi connectivity index (χ4n) is 4.15. The van der Waals surface area contributed by atoms with Gasteiger partial charge < -0.3 is 19.7 Å². The van der Waals surface area contributed by atoms with Crippen molar-refractivity contribution < 1.29 is 14.3 Å². The third-order valence-corrected chi connectivity index (χ3v) is 5.81. The lowest BCUT2D eigenvalue weighted by molar-refractivity contribution is -0.184. The number of nitrogens with zero attached hydrogens (tertiary/aromatic N) is 2. The average Bonchev–Trinajstić information content (AvgIpc) is 2.63. The van der Waals surface area contributed by atoms with E-state index in [0.717, 1.165) is 38.9 Å². The summed E-state index contributed by atoms with van der Waals surface area (Å²) in [5.41, 5.74) is 0.136. The smallest absolute Gasteiger partial charge is 0.225 e. The molecule has 0 bridgehead atoms. The number of amides is 1. The number of hydrogen-bond acceptors (Lipinski definition) is 5. The molecule has 1 amide bonds. The second kappa shape index (κ2) is 8.61. The number of rotatable bonds is 5. The standard InChI is InChI=1S/C18H33N3O3/c1-20-10-6-18(7-11-20,21-8-3-2-4-9-21)15-19-16(22)14-17-23-12-5-13-24-17/h17H,2-15H2,1H3,(H,19,22). The molecule has 0 spiro atoms. The van der Waals surface area contributed by atoms with E-state index in [1.165, 1.54) is 32.4 Å². The van der Waals surface area contributed by atoms with E-state index in [0.29, 0.717) is 19.6 Å². The van der Waals surface area contributed by atoms with Gasteiger partial charge in [0.05, 0.1) is 19.6 Å². The minimum atomic E-state index is -0.359.